The fourth-order valence-electron chi connectivity index (χ4n) is 1.22. The maximum Gasteiger partial charge on any atom is 0.237 e. The molecule has 1 N–H and O–H groups in total. The minimum atomic E-state index is -0.601. The van der Waals surface area contributed by atoms with Gasteiger partial charge in [-0.1, -0.05) is 30.3 Å². The van der Waals surface area contributed by atoms with Crippen molar-refractivity contribution < 1.29 is 4.79 Å². The number of carbonyl (C=O) groups excluding carboxylic acids is 1. The molecule has 0 aromatic heterocycles. The Hall–Kier alpha value is -1.82. The standard InChI is InChI=1S/C12H14N2O/c1-9(8-13)12(15)14-10(2)11-6-4-3-5-7-11/h3-7,9-10H,1-2H3,(H,14,15)/t9-,10+/m0/s1. The van der Waals surface area contributed by atoms with Crippen LogP contribution in [0.25, 0.3) is 0 Å². The van der Waals surface area contributed by atoms with Gasteiger partial charge >= 0.3 is 0 Å². The van der Waals surface area contributed by atoms with E-state index < -0.39 is 5.92 Å². The highest BCUT2D eigenvalue weighted by Gasteiger charge is 2.14. The summed E-state index contributed by atoms with van der Waals surface area (Å²) in [7, 11) is 0. The molecule has 1 rings (SSSR count). The summed E-state index contributed by atoms with van der Waals surface area (Å²) < 4.78 is 0. The van der Waals surface area contributed by atoms with Gasteiger partial charge in [0, 0.05) is 0 Å². The van der Waals surface area contributed by atoms with Gasteiger partial charge in [0.1, 0.15) is 5.92 Å². The lowest BCUT2D eigenvalue weighted by Gasteiger charge is -2.14. The van der Waals surface area contributed by atoms with Crippen LogP contribution in [-0.4, -0.2) is 5.91 Å². The van der Waals surface area contributed by atoms with Crippen LogP contribution in [-0.2, 0) is 4.79 Å². The van der Waals surface area contributed by atoms with E-state index in [4.69, 9.17) is 5.26 Å². The molecule has 1 amide bonds. The molecule has 0 heterocycles. The summed E-state index contributed by atoms with van der Waals surface area (Å²) in [5.74, 6) is -0.829. The predicted molar refractivity (Wildman–Crippen MR) is 57.8 cm³/mol. The topological polar surface area (TPSA) is 52.9 Å². The Bertz CT molecular complexity index is 367. The second kappa shape index (κ2) is 5.16. The van der Waals surface area contributed by atoms with Crippen LogP contribution in [0.15, 0.2) is 30.3 Å². The summed E-state index contributed by atoms with van der Waals surface area (Å²) in [6, 6.07) is 11.5. The Morgan fingerprint density at radius 1 is 1.33 bits per heavy atom. The summed E-state index contributed by atoms with van der Waals surface area (Å²) in [5.41, 5.74) is 1.04. The molecule has 0 aliphatic heterocycles. The Kier molecular flexibility index (Phi) is 3.87. The van der Waals surface area contributed by atoms with Gasteiger partial charge < -0.3 is 5.32 Å². The van der Waals surface area contributed by atoms with Gasteiger partial charge in [-0.3, -0.25) is 4.79 Å². The smallest absolute Gasteiger partial charge is 0.237 e. The number of rotatable bonds is 3. The summed E-state index contributed by atoms with van der Waals surface area (Å²) in [6.07, 6.45) is 0. The van der Waals surface area contributed by atoms with Crippen molar-refractivity contribution in [3.63, 3.8) is 0 Å². The molecule has 0 saturated carbocycles. The number of nitrogens with zero attached hydrogens (tertiary/aromatic N) is 1. The first-order chi connectivity index (χ1) is 7.15. The zero-order valence-corrected chi connectivity index (χ0v) is 8.90. The zero-order chi connectivity index (χ0) is 11.3. The Morgan fingerprint density at radius 2 is 1.93 bits per heavy atom. The lowest BCUT2D eigenvalue weighted by atomic mass is 10.1. The van der Waals surface area contributed by atoms with Crippen molar-refractivity contribution in [3.05, 3.63) is 35.9 Å². The molecule has 0 fully saturated rings. The SMILES string of the molecule is C[C@@H](C#N)C(=O)N[C@H](C)c1ccccc1. The van der Waals surface area contributed by atoms with Gasteiger partial charge in [0.2, 0.25) is 5.91 Å². The molecule has 78 valence electrons. The molecular formula is C12H14N2O. The third-order valence-electron chi connectivity index (χ3n) is 2.25. The predicted octanol–water partition coefficient (Wildman–Crippen LogP) is 2.02. The van der Waals surface area contributed by atoms with Crippen LogP contribution >= 0.6 is 0 Å². The van der Waals surface area contributed by atoms with Gasteiger partial charge in [0.25, 0.3) is 0 Å². The van der Waals surface area contributed by atoms with Crippen molar-refractivity contribution in [1.29, 1.82) is 5.26 Å². The van der Waals surface area contributed by atoms with Crippen LogP contribution in [0.3, 0.4) is 0 Å². The maximum atomic E-state index is 11.4. The van der Waals surface area contributed by atoms with Crippen molar-refractivity contribution in [2.24, 2.45) is 5.92 Å². The number of nitriles is 1. The third kappa shape index (κ3) is 3.10. The van der Waals surface area contributed by atoms with E-state index in [0.717, 1.165) is 5.56 Å². The Balaban J connectivity index is 2.61. The van der Waals surface area contributed by atoms with Crippen LogP contribution in [0.1, 0.15) is 25.5 Å². The molecule has 2 atom stereocenters. The minimum Gasteiger partial charge on any atom is -0.348 e. The van der Waals surface area contributed by atoms with Gasteiger partial charge in [0.05, 0.1) is 12.1 Å². The first-order valence-electron chi connectivity index (χ1n) is 4.90. The number of amides is 1. The maximum absolute atomic E-state index is 11.4. The highest BCUT2D eigenvalue weighted by atomic mass is 16.1. The Labute approximate surface area is 89.7 Å². The first-order valence-corrected chi connectivity index (χ1v) is 4.90. The summed E-state index contributed by atoms with van der Waals surface area (Å²) in [4.78, 5) is 11.4. The fourth-order valence-corrected chi connectivity index (χ4v) is 1.22. The van der Waals surface area contributed by atoms with Crippen molar-refractivity contribution >= 4 is 5.91 Å². The number of benzene rings is 1. The number of carbonyl (C=O) groups is 1. The van der Waals surface area contributed by atoms with E-state index in [2.05, 4.69) is 5.32 Å². The largest absolute Gasteiger partial charge is 0.348 e. The summed E-state index contributed by atoms with van der Waals surface area (Å²) >= 11 is 0. The molecule has 0 aliphatic carbocycles. The first kappa shape index (κ1) is 11.3. The van der Waals surface area contributed by atoms with Gasteiger partial charge in [-0.25, -0.2) is 0 Å². The molecule has 0 aliphatic rings. The molecule has 3 nitrogen and oxygen atoms in total. The molecule has 0 bridgehead atoms. The molecule has 0 unspecified atom stereocenters. The van der Waals surface area contributed by atoms with Gasteiger partial charge in [-0.2, -0.15) is 5.26 Å². The highest BCUT2D eigenvalue weighted by molar-refractivity contribution is 5.80. The second-order valence-corrected chi connectivity index (χ2v) is 3.49. The van der Waals surface area contributed by atoms with Crippen molar-refractivity contribution in [1.82, 2.24) is 5.32 Å². The summed E-state index contributed by atoms with van der Waals surface area (Å²) in [5, 5.41) is 11.4. The average molecular weight is 202 g/mol. The van der Waals surface area contributed by atoms with Crippen LogP contribution in [0.2, 0.25) is 0 Å². The van der Waals surface area contributed by atoms with E-state index in [1.54, 1.807) is 6.92 Å². The van der Waals surface area contributed by atoms with E-state index in [9.17, 15) is 4.79 Å². The number of hydrogen-bond donors (Lipinski definition) is 1. The van der Waals surface area contributed by atoms with Gasteiger partial charge in [0.15, 0.2) is 0 Å². The number of nitrogens with one attached hydrogen (secondary N) is 1. The van der Waals surface area contributed by atoms with E-state index in [1.165, 1.54) is 0 Å². The van der Waals surface area contributed by atoms with E-state index >= 15 is 0 Å². The second-order valence-electron chi connectivity index (χ2n) is 3.49. The molecule has 0 radical (unpaired) electrons. The Morgan fingerprint density at radius 3 is 2.47 bits per heavy atom. The molecule has 15 heavy (non-hydrogen) atoms. The monoisotopic (exact) mass is 202 g/mol. The van der Waals surface area contributed by atoms with E-state index in [-0.39, 0.29) is 11.9 Å². The fraction of sp³-hybridized carbons (Fsp3) is 0.333. The molecule has 3 heteroatoms. The molecule has 0 spiro atoms. The highest BCUT2D eigenvalue weighted by Crippen LogP contribution is 2.11. The minimum absolute atomic E-state index is 0.0606. The van der Waals surface area contributed by atoms with Crippen LogP contribution in [0.5, 0.6) is 0 Å². The van der Waals surface area contributed by atoms with Crippen molar-refractivity contribution in [2.45, 2.75) is 19.9 Å². The molecule has 1 aromatic rings. The lowest BCUT2D eigenvalue weighted by molar-refractivity contribution is -0.123. The molecule has 1 aromatic carbocycles. The van der Waals surface area contributed by atoms with Gasteiger partial charge in [-0.15, -0.1) is 0 Å². The normalized spacial score (nSPS) is 13.7. The van der Waals surface area contributed by atoms with E-state index in [1.807, 2.05) is 43.3 Å². The molecular weight excluding hydrogens is 188 g/mol. The zero-order valence-electron chi connectivity index (χ0n) is 8.90. The lowest BCUT2D eigenvalue weighted by Crippen LogP contribution is -2.30. The number of hydrogen-bond acceptors (Lipinski definition) is 2. The third-order valence-corrected chi connectivity index (χ3v) is 2.25. The van der Waals surface area contributed by atoms with Crippen LogP contribution < -0.4 is 5.32 Å². The average Bonchev–Trinajstić information content (AvgIpc) is 2.29. The van der Waals surface area contributed by atoms with Crippen LogP contribution in [0, 0.1) is 17.2 Å². The van der Waals surface area contributed by atoms with Crippen LogP contribution in [0.4, 0.5) is 0 Å². The van der Waals surface area contributed by atoms with Gasteiger partial charge in [-0.05, 0) is 19.4 Å². The van der Waals surface area contributed by atoms with Crippen molar-refractivity contribution in [3.8, 4) is 6.07 Å². The summed E-state index contributed by atoms with van der Waals surface area (Å²) in [6.45, 7) is 3.49. The quantitative estimate of drug-likeness (QED) is 0.815. The van der Waals surface area contributed by atoms with Crippen molar-refractivity contribution in [2.75, 3.05) is 0 Å². The molecule has 0 saturated heterocycles. The van der Waals surface area contributed by atoms with E-state index in [0.29, 0.717) is 0 Å².